The van der Waals surface area contributed by atoms with E-state index in [0.29, 0.717) is 24.7 Å². The fourth-order valence-corrected chi connectivity index (χ4v) is 2.08. The molecule has 1 aliphatic rings. The Morgan fingerprint density at radius 1 is 1.56 bits per heavy atom. The molecular weight excluding hydrogens is 228 g/mol. The van der Waals surface area contributed by atoms with E-state index in [-0.39, 0.29) is 11.4 Å². The van der Waals surface area contributed by atoms with Crippen LogP contribution in [0, 0.1) is 0 Å². The summed E-state index contributed by atoms with van der Waals surface area (Å²) in [4.78, 5) is 11.4. The first-order chi connectivity index (χ1) is 7.66. The number of hydrogen-bond donors (Lipinski definition) is 0. The average Bonchev–Trinajstić information content (AvgIpc) is 2.23. The van der Waals surface area contributed by atoms with Crippen molar-refractivity contribution >= 4 is 17.6 Å². The Hall–Kier alpha value is -1.06. The molecule has 3 nitrogen and oxygen atoms in total. The summed E-state index contributed by atoms with van der Waals surface area (Å²) in [6, 6.07) is 7.55. The summed E-state index contributed by atoms with van der Waals surface area (Å²) in [6.45, 7) is 1.09. The van der Waals surface area contributed by atoms with Crippen molar-refractivity contribution in [1.29, 1.82) is 0 Å². The van der Waals surface area contributed by atoms with Gasteiger partial charge in [-0.1, -0.05) is 23.7 Å². The first-order valence-corrected chi connectivity index (χ1v) is 5.45. The highest BCUT2D eigenvalue weighted by atomic mass is 35.5. The molecule has 1 heterocycles. The fraction of sp³-hybridized carbons (Fsp3) is 0.417. The topological polar surface area (TPSA) is 35.5 Å². The van der Waals surface area contributed by atoms with Gasteiger partial charge in [-0.3, -0.25) is 4.79 Å². The summed E-state index contributed by atoms with van der Waals surface area (Å²) in [5.41, 5.74) is 0.787. The predicted octanol–water partition coefficient (Wildman–Crippen LogP) is 2.17. The smallest absolute Gasteiger partial charge is 0.306 e. The van der Waals surface area contributed by atoms with Crippen molar-refractivity contribution in [3.63, 3.8) is 0 Å². The van der Waals surface area contributed by atoms with Crippen LogP contribution in [0.2, 0.25) is 5.02 Å². The van der Waals surface area contributed by atoms with Crippen molar-refractivity contribution in [2.24, 2.45) is 0 Å². The largest absolute Gasteiger partial charge is 0.469 e. The van der Waals surface area contributed by atoms with Crippen molar-refractivity contribution in [2.75, 3.05) is 20.3 Å². The highest BCUT2D eigenvalue weighted by molar-refractivity contribution is 6.30. The Labute approximate surface area is 99.3 Å². The normalized spacial score (nSPS) is 17.6. The number of hydrogen-bond acceptors (Lipinski definition) is 3. The maximum Gasteiger partial charge on any atom is 0.306 e. The maximum atomic E-state index is 11.4. The molecule has 0 unspecified atom stereocenters. The van der Waals surface area contributed by atoms with Crippen LogP contribution in [0.3, 0.4) is 0 Å². The lowest BCUT2D eigenvalue weighted by molar-refractivity contribution is -0.148. The molecule has 0 atom stereocenters. The zero-order valence-electron chi connectivity index (χ0n) is 9.03. The molecule has 1 aromatic rings. The summed E-state index contributed by atoms with van der Waals surface area (Å²) < 4.78 is 9.93. The monoisotopic (exact) mass is 240 g/mol. The molecule has 2 rings (SSSR count). The molecule has 4 heteroatoms. The molecule has 1 aromatic carbocycles. The van der Waals surface area contributed by atoms with Gasteiger partial charge in [0.1, 0.15) is 0 Å². The Balaban J connectivity index is 2.24. The van der Waals surface area contributed by atoms with E-state index in [1.165, 1.54) is 7.11 Å². The second kappa shape index (κ2) is 4.44. The third kappa shape index (κ3) is 2.06. The Kier molecular flexibility index (Phi) is 3.17. The van der Waals surface area contributed by atoms with E-state index in [9.17, 15) is 4.79 Å². The zero-order valence-corrected chi connectivity index (χ0v) is 9.79. The van der Waals surface area contributed by atoms with Gasteiger partial charge in [-0.05, 0) is 17.7 Å². The SMILES string of the molecule is COC(=O)CC1(c2cccc(Cl)c2)COC1. The molecule has 1 fully saturated rings. The number of ether oxygens (including phenoxy) is 2. The van der Waals surface area contributed by atoms with Crippen LogP contribution in [0.1, 0.15) is 12.0 Å². The summed E-state index contributed by atoms with van der Waals surface area (Å²) >= 11 is 5.95. The predicted molar refractivity (Wildman–Crippen MR) is 60.6 cm³/mol. The minimum absolute atomic E-state index is 0.219. The molecule has 16 heavy (non-hydrogen) atoms. The van der Waals surface area contributed by atoms with Crippen molar-refractivity contribution < 1.29 is 14.3 Å². The van der Waals surface area contributed by atoms with Gasteiger partial charge >= 0.3 is 5.97 Å². The molecule has 0 saturated carbocycles. The number of benzene rings is 1. The lowest BCUT2D eigenvalue weighted by Crippen LogP contribution is -2.48. The van der Waals surface area contributed by atoms with Gasteiger partial charge in [-0.25, -0.2) is 0 Å². The highest BCUT2D eigenvalue weighted by Gasteiger charge is 2.42. The van der Waals surface area contributed by atoms with Gasteiger partial charge in [-0.2, -0.15) is 0 Å². The third-order valence-corrected chi connectivity index (χ3v) is 3.14. The van der Waals surface area contributed by atoms with Crippen LogP contribution in [0.25, 0.3) is 0 Å². The van der Waals surface area contributed by atoms with E-state index in [0.717, 1.165) is 5.56 Å². The standard InChI is InChI=1S/C12H13ClO3/c1-15-11(14)6-12(7-16-8-12)9-3-2-4-10(13)5-9/h2-5H,6-8H2,1H3. The summed E-state index contributed by atoms with van der Waals surface area (Å²) in [7, 11) is 1.40. The molecule has 0 aromatic heterocycles. The van der Waals surface area contributed by atoms with Crippen LogP contribution in [0.15, 0.2) is 24.3 Å². The first kappa shape index (κ1) is 11.4. The minimum atomic E-state index is -0.252. The van der Waals surface area contributed by atoms with Crippen LogP contribution in [0.5, 0.6) is 0 Å². The molecule has 0 radical (unpaired) electrons. The van der Waals surface area contributed by atoms with Gasteiger partial charge in [-0.15, -0.1) is 0 Å². The second-order valence-corrected chi connectivity index (χ2v) is 4.47. The van der Waals surface area contributed by atoms with E-state index in [2.05, 4.69) is 0 Å². The number of carbonyl (C=O) groups is 1. The number of carbonyl (C=O) groups excluding carboxylic acids is 1. The molecule has 86 valence electrons. The average molecular weight is 241 g/mol. The Bertz CT molecular complexity index is 399. The summed E-state index contributed by atoms with van der Waals surface area (Å²) in [5, 5.41) is 0.675. The first-order valence-electron chi connectivity index (χ1n) is 5.07. The molecule has 0 amide bonds. The molecule has 1 aliphatic heterocycles. The zero-order chi connectivity index (χ0) is 11.6. The number of methoxy groups -OCH3 is 1. The molecule has 0 bridgehead atoms. The third-order valence-electron chi connectivity index (χ3n) is 2.90. The quantitative estimate of drug-likeness (QED) is 0.760. The van der Waals surface area contributed by atoms with Gasteiger partial charge in [0.05, 0.1) is 32.2 Å². The fourth-order valence-electron chi connectivity index (χ4n) is 1.89. The van der Waals surface area contributed by atoms with Gasteiger partial charge in [0.2, 0.25) is 0 Å². The van der Waals surface area contributed by atoms with E-state index >= 15 is 0 Å². The van der Waals surface area contributed by atoms with Gasteiger partial charge in [0.25, 0.3) is 0 Å². The van der Waals surface area contributed by atoms with E-state index in [4.69, 9.17) is 21.1 Å². The molecule has 0 N–H and O–H groups in total. The number of rotatable bonds is 3. The van der Waals surface area contributed by atoms with E-state index in [1.54, 1.807) is 0 Å². The molecule has 0 aliphatic carbocycles. The second-order valence-electron chi connectivity index (χ2n) is 4.04. The van der Waals surface area contributed by atoms with Crippen LogP contribution >= 0.6 is 11.6 Å². The summed E-state index contributed by atoms with van der Waals surface area (Å²) in [6.07, 6.45) is 0.337. The highest BCUT2D eigenvalue weighted by Crippen LogP contribution is 2.36. The van der Waals surface area contributed by atoms with Crippen LogP contribution in [-0.2, 0) is 19.7 Å². The summed E-state index contributed by atoms with van der Waals surface area (Å²) in [5.74, 6) is -0.219. The molecule has 0 spiro atoms. The van der Waals surface area contributed by atoms with Gasteiger partial charge in [0, 0.05) is 5.02 Å². The van der Waals surface area contributed by atoms with Crippen LogP contribution in [-0.4, -0.2) is 26.3 Å². The van der Waals surface area contributed by atoms with E-state index < -0.39 is 0 Å². The Morgan fingerprint density at radius 3 is 2.81 bits per heavy atom. The minimum Gasteiger partial charge on any atom is -0.469 e. The van der Waals surface area contributed by atoms with Gasteiger partial charge in [0.15, 0.2) is 0 Å². The molecule has 1 saturated heterocycles. The molecular formula is C12H13ClO3. The lowest BCUT2D eigenvalue weighted by Gasteiger charge is -2.41. The van der Waals surface area contributed by atoms with Crippen molar-refractivity contribution in [2.45, 2.75) is 11.8 Å². The van der Waals surface area contributed by atoms with Gasteiger partial charge < -0.3 is 9.47 Å². The number of esters is 1. The lowest BCUT2D eigenvalue weighted by atomic mass is 9.76. The van der Waals surface area contributed by atoms with Crippen molar-refractivity contribution in [3.05, 3.63) is 34.9 Å². The number of halogens is 1. The van der Waals surface area contributed by atoms with Crippen molar-refractivity contribution in [3.8, 4) is 0 Å². The van der Waals surface area contributed by atoms with Crippen LogP contribution < -0.4 is 0 Å². The van der Waals surface area contributed by atoms with E-state index in [1.807, 2.05) is 24.3 Å². The maximum absolute atomic E-state index is 11.4. The van der Waals surface area contributed by atoms with Crippen LogP contribution in [0.4, 0.5) is 0 Å². The van der Waals surface area contributed by atoms with Crippen molar-refractivity contribution in [1.82, 2.24) is 0 Å². The Morgan fingerprint density at radius 2 is 2.31 bits per heavy atom.